The van der Waals surface area contributed by atoms with Crippen LogP contribution < -0.4 is 0 Å². The number of nitrogens with one attached hydrogen (secondary N) is 1. The number of fused-ring (bicyclic) bond motifs is 3. The maximum absolute atomic E-state index is 8.16. The maximum atomic E-state index is 8.16. The van der Waals surface area contributed by atoms with Gasteiger partial charge in [0.2, 0.25) is 0 Å². The molecule has 2 atom stereocenters. The molecule has 2 aliphatic carbocycles. The zero-order chi connectivity index (χ0) is 9.54. The average Bonchev–Trinajstić information content (AvgIpc) is 2.55. The molecule has 1 saturated carbocycles. The van der Waals surface area contributed by atoms with Gasteiger partial charge in [-0.15, -0.1) is 0 Å². The van der Waals surface area contributed by atoms with Gasteiger partial charge < -0.3 is 5.41 Å². The first-order valence-electron chi connectivity index (χ1n) is 5.55. The molecular weight excluding hydrogens is 170 g/mol. The molecule has 14 heavy (non-hydrogen) atoms. The van der Waals surface area contributed by atoms with Gasteiger partial charge in [-0.2, -0.15) is 0 Å². The highest BCUT2D eigenvalue weighted by atomic mass is 14.5. The average molecular weight is 185 g/mol. The Balaban J connectivity index is 2.11. The summed E-state index contributed by atoms with van der Waals surface area (Å²) in [4.78, 5) is 0. The van der Waals surface area contributed by atoms with Crippen LogP contribution in [-0.2, 0) is 0 Å². The summed E-state index contributed by atoms with van der Waals surface area (Å²) in [6.07, 6.45) is 5.20. The molecule has 2 aliphatic rings. The second kappa shape index (κ2) is 2.94. The summed E-state index contributed by atoms with van der Waals surface area (Å²) in [6, 6.07) is 8.52. The summed E-state index contributed by atoms with van der Waals surface area (Å²) in [5, 5.41) is 8.16. The van der Waals surface area contributed by atoms with Gasteiger partial charge in [0.05, 0.1) is 0 Å². The Morgan fingerprint density at radius 2 is 1.71 bits per heavy atom. The zero-order valence-electron chi connectivity index (χ0n) is 8.29. The lowest BCUT2D eigenvalue weighted by Gasteiger charge is -2.25. The molecule has 2 unspecified atom stereocenters. The fourth-order valence-electron chi connectivity index (χ4n) is 3.11. The van der Waals surface area contributed by atoms with Crippen molar-refractivity contribution in [3.8, 4) is 0 Å². The molecule has 1 N–H and O–H groups in total. The Morgan fingerprint density at radius 3 is 2.57 bits per heavy atom. The molecule has 0 amide bonds. The van der Waals surface area contributed by atoms with Crippen LogP contribution in [0.5, 0.6) is 0 Å². The topological polar surface area (TPSA) is 23.9 Å². The van der Waals surface area contributed by atoms with Gasteiger partial charge in [-0.05, 0) is 29.9 Å². The first kappa shape index (κ1) is 8.22. The van der Waals surface area contributed by atoms with Crippen LogP contribution in [0.1, 0.15) is 42.7 Å². The van der Waals surface area contributed by atoms with Crippen LogP contribution >= 0.6 is 0 Å². The third kappa shape index (κ3) is 0.985. The molecule has 1 nitrogen and oxygen atoms in total. The van der Waals surface area contributed by atoms with E-state index in [0.29, 0.717) is 11.8 Å². The van der Waals surface area contributed by atoms with E-state index < -0.39 is 0 Å². The fraction of sp³-hybridized carbons (Fsp3) is 0.462. The lowest BCUT2D eigenvalue weighted by molar-refractivity contribution is 0.392. The van der Waals surface area contributed by atoms with Crippen molar-refractivity contribution in [2.45, 2.75) is 31.6 Å². The standard InChI is InChI=1S/C13H15N/c14-13-11-7-3-1-5-9(11)10-6-2-4-8-12(10)13/h1,3,5,7,10,12,14H,2,4,6,8H2. The minimum Gasteiger partial charge on any atom is -0.304 e. The number of hydrogen-bond acceptors (Lipinski definition) is 1. The number of hydrogen-bond donors (Lipinski definition) is 1. The highest BCUT2D eigenvalue weighted by molar-refractivity contribution is 6.05. The normalized spacial score (nSPS) is 29.9. The van der Waals surface area contributed by atoms with E-state index in [0.717, 1.165) is 5.71 Å². The molecule has 1 aromatic rings. The van der Waals surface area contributed by atoms with Gasteiger partial charge >= 0.3 is 0 Å². The molecule has 0 radical (unpaired) electrons. The second-order valence-electron chi connectivity index (χ2n) is 4.50. The van der Waals surface area contributed by atoms with Crippen molar-refractivity contribution in [1.82, 2.24) is 0 Å². The van der Waals surface area contributed by atoms with Crippen LogP contribution in [-0.4, -0.2) is 5.71 Å². The smallest absolute Gasteiger partial charge is 0.0426 e. The fourth-order valence-corrected chi connectivity index (χ4v) is 3.11. The quantitative estimate of drug-likeness (QED) is 0.641. The summed E-state index contributed by atoms with van der Waals surface area (Å²) in [5.41, 5.74) is 3.58. The number of rotatable bonds is 0. The Morgan fingerprint density at radius 1 is 1.00 bits per heavy atom. The van der Waals surface area contributed by atoms with E-state index in [1.807, 2.05) is 0 Å². The molecule has 1 aromatic carbocycles. The molecular formula is C13H15N. The van der Waals surface area contributed by atoms with E-state index >= 15 is 0 Å². The lowest BCUT2D eigenvalue weighted by atomic mass is 9.79. The van der Waals surface area contributed by atoms with Crippen molar-refractivity contribution in [2.75, 3.05) is 0 Å². The van der Waals surface area contributed by atoms with Crippen molar-refractivity contribution in [3.05, 3.63) is 35.4 Å². The first-order chi connectivity index (χ1) is 6.88. The molecule has 0 heterocycles. The maximum Gasteiger partial charge on any atom is 0.0426 e. The van der Waals surface area contributed by atoms with Gasteiger partial charge in [0.15, 0.2) is 0 Å². The van der Waals surface area contributed by atoms with Crippen LogP contribution in [0.25, 0.3) is 0 Å². The third-order valence-corrected chi connectivity index (χ3v) is 3.79. The predicted octanol–water partition coefficient (Wildman–Crippen LogP) is 3.34. The van der Waals surface area contributed by atoms with Gasteiger partial charge in [0, 0.05) is 11.6 Å². The van der Waals surface area contributed by atoms with Gasteiger partial charge in [-0.25, -0.2) is 0 Å². The summed E-state index contributed by atoms with van der Waals surface area (Å²) >= 11 is 0. The molecule has 0 aliphatic heterocycles. The third-order valence-electron chi connectivity index (χ3n) is 3.79. The van der Waals surface area contributed by atoms with Crippen LogP contribution in [0.4, 0.5) is 0 Å². The monoisotopic (exact) mass is 185 g/mol. The lowest BCUT2D eigenvalue weighted by Crippen LogP contribution is -2.17. The Kier molecular flexibility index (Phi) is 1.73. The Labute approximate surface area is 84.7 Å². The summed E-state index contributed by atoms with van der Waals surface area (Å²) in [6.45, 7) is 0. The molecule has 1 fully saturated rings. The number of benzene rings is 1. The van der Waals surface area contributed by atoms with Crippen LogP contribution in [0, 0.1) is 11.3 Å². The summed E-state index contributed by atoms with van der Waals surface area (Å²) < 4.78 is 0. The van der Waals surface area contributed by atoms with E-state index in [2.05, 4.69) is 24.3 Å². The van der Waals surface area contributed by atoms with E-state index in [-0.39, 0.29) is 0 Å². The molecule has 3 rings (SSSR count). The van der Waals surface area contributed by atoms with Gasteiger partial charge in [0.1, 0.15) is 0 Å². The highest BCUT2D eigenvalue weighted by Crippen LogP contribution is 2.46. The molecule has 0 bridgehead atoms. The molecule has 0 aromatic heterocycles. The van der Waals surface area contributed by atoms with E-state index in [4.69, 9.17) is 5.41 Å². The van der Waals surface area contributed by atoms with Crippen LogP contribution in [0.15, 0.2) is 24.3 Å². The molecule has 0 saturated heterocycles. The van der Waals surface area contributed by atoms with Gasteiger partial charge in [-0.1, -0.05) is 37.1 Å². The zero-order valence-corrected chi connectivity index (χ0v) is 8.29. The second-order valence-corrected chi connectivity index (χ2v) is 4.50. The summed E-state index contributed by atoms with van der Waals surface area (Å²) in [5.74, 6) is 1.22. The minimum absolute atomic E-state index is 0.543. The predicted molar refractivity (Wildman–Crippen MR) is 58.0 cm³/mol. The SMILES string of the molecule is N=C1c2ccccc2C2CCCCC12. The van der Waals surface area contributed by atoms with Crippen molar-refractivity contribution in [2.24, 2.45) is 5.92 Å². The van der Waals surface area contributed by atoms with Gasteiger partial charge in [0.25, 0.3) is 0 Å². The summed E-state index contributed by atoms with van der Waals surface area (Å²) in [7, 11) is 0. The molecule has 1 heteroatoms. The molecule has 0 spiro atoms. The molecule has 72 valence electrons. The van der Waals surface area contributed by atoms with E-state index in [1.165, 1.54) is 36.8 Å². The van der Waals surface area contributed by atoms with E-state index in [1.54, 1.807) is 0 Å². The Bertz CT molecular complexity index is 381. The largest absolute Gasteiger partial charge is 0.304 e. The van der Waals surface area contributed by atoms with Gasteiger partial charge in [-0.3, -0.25) is 0 Å². The van der Waals surface area contributed by atoms with E-state index in [9.17, 15) is 0 Å². The highest BCUT2D eigenvalue weighted by Gasteiger charge is 2.37. The first-order valence-corrected chi connectivity index (χ1v) is 5.55. The minimum atomic E-state index is 0.543. The van der Waals surface area contributed by atoms with Crippen LogP contribution in [0.3, 0.4) is 0 Å². The Hall–Kier alpha value is -1.11. The van der Waals surface area contributed by atoms with Crippen molar-refractivity contribution in [3.63, 3.8) is 0 Å². The van der Waals surface area contributed by atoms with Crippen molar-refractivity contribution in [1.29, 1.82) is 5.41 Å². The van der Waals surface area contributed by atoms with Crippen molar-refractivity contribution >= 4 is 5.71 Å². The van der Waals surface area contributed by atoms with Crippen molar-refractivity contribution < 1.29 is 0 Å². The van der Waals surface area contributed by atoms with Crippen LogP contribution in [0.2, 0.25) is 0 Å².